The topological polar surface area (TPSA) is 64.1 Å². The third kappa shape index (κ3) is 6.75. The van der Waals surface area contributed by atoms with Gasteiger partial charge in [0.15, 0.2) is 5.96 Å². The quantitative estimate of drug-likeness (QED) is 0.288. The summed E-state index contributed by atoms with van der Waals surface area (Å²) in [5.74, 6) is 2.56. The van der Waals surface area contributed by atoms with Crippen LogP contribution in [0.25, 0.3) is 0 Å². The Balaban J connectivity index is 0.00000363. The van der Waals surface area contributed by atoms with E-state index in [9.17, 15) is 0 Å². The highest BCUT2D eigenvalue weighted by atomic mass is 127. The summed E-state index contributed by atoms with van der Waals surface area (Å²) in [6.45, 7) is 7.82. The molecule has 1 aliphatic heterocycles. The number of nitrogens with one attached hydrogen (secondary N) is 2. The molecule has 3 rings (SSSR count). The monoisotopic (exact) mass is 553 g/mol. The molecule has 1 fully saturated rings. The number of rotatable bonds is 8. The summed E-state index contributed by atoms with van der Waals surface area (Å²) in [6.07, 6.45) is 1.94. The van der Waals surface area contributed by atoms with Crippen LogP contribution < -0.4 is 20.1 Å². The summed E-state index contributed by atoms with van der Waals surface area (Å²) in [7, 11) is 3.40. The van der Waals surface area contributed by atoms with Crippen molar-refractivity contribution in [3.63, 3.8) is 0 Å². The lowest BCUT2D eigenvalue weighted by Crippen LogP contribution is -2.48. The minimum atomic E-state index is 0. The second-order valence-electron chi connectivity index (χ2n) is 7.99. The minimum absolute atomic E-state index is 0. The summed E-state index contributed by atoms with van der Waals surface area (Å²) in [6, 6.07) is 14.6. The lowest BCUT2D eigenvalue weighted by molar-refractivity contribution is 0.0513. The van der Waals surface area contributed by atoms with Crippen LogP contribution in [0.1, 0.15) is 36.5 Å². The molecule has 2 aromatic carbocycles. The predicted molar refractivity (Wildman–Crippen MR) is 141 cm³/mol. The summed E-state index contributed by atoms with van der Waals surface area (Å²) >= 11 is 0. The van der Waals surface area contributed by atoms with Crippen molar-refractivity contribution in [3.05, 3.63) is 59.2 Å². The molecule has 32 heavy (non-hydrogen) atoms. The molecule has 0 saturated carbocycles. The molecule has 1 aliphatic rings. The molecule has 0 amide bonds. The van der Waals surface area contributed by atoms with Gasteiger partial charge in [0.2, 0.25) is 0 Å². The molecule has 0 atom stereocenters. The van der Waals surface area contributed by atoms with Gasteiger partial charge in [-0.15, -0.1) is 24.0 Å². The molecule has 0 aromatic heterocycles. The van der Waals surface area contributed by atoms with Gasteiger partial charge in [-0.05, 0) is 56.0 Å². The molecule has 176 valence electrons. The third-order valence-corrected chi connectivity index (χ3v) is 5.94. The Morgan fingerprint density at radius 2 is 1.75 bits per heavy atom. The highest BCUT2D eigenvalue weighted by Gasteiger charge is 2.34. The first kappa shape index (κ1) is 26.3. The van der Waals surface area contributed by atoms with E-state index in [1.54, 1.807) is 14.2 Å². The van der Waals surface area contributed by atoms with Gasteiger partial charge >= 0.3 is 0 Å². The van der Waals surface area contributed by atoms with Crippen molar-refractivity contribution in [2.75, 3.05) is 40.5 Å². The van der Waals surface area contributed by atoms with Gasteiger partial charge in [0.1, 0.15) is 11.5 Å². The number of guanidine groups is 1. The van der Waals surface area contributed by atoms with Gasteiger partial charge in [-0.3, -0.25) is 0 Å². The van der Waals surface area contributed by atoms with E-state index in [-0.39, 0.29) is 29.4 Å². The Morgan fingerprint density at radius 3 is 2.38 bits per heavy atom. The Labute approximate surface area is 209 Å². The van der Waals surface area contributed by atoms with Gasteiger partial charge in [0.05, 0.1) is 20.8 Å². The van der Waals surface area contributed by atoms with Crippen molar-refractivity contribution < 1.29 is 14.2 Å². The molecular weight excluding hydrogens is 517 g/mol. The number of methoxy groups -OCH3 is 2. The maximum absolute atomic E-state index is 5.67. The van der Waals surface area contributed by atoms with Gasteiger partial charge in [0.25, 0.3) is 0 Å². The lowest BCUT2D eigenvalue weighted by atomic mass is 9.74. The number of hydrogen-bond donors (Lipinski definition) is 2. The van der Waals surface area contributed by atoms with E-state index in [0.717, 1.165) is 62.2 Å². The van der Waals surface area contributed by atoms with Gasteiger partial charge in [-0.25, -0.2) is 4.99 Å². The number of nitrogens with zero attached hydrogens (tertiary/aromatic N) is 1. The van der Waals surface area contributed by atoms with Crippen molar-refractivity contribution in [1.82, 2.24) is 10.6 Å². The van der Waals surface area contributed by atoms with Gasteiger partial charge in [0, 0.05) is 37.3 Å². The zero-order valence-electron chi connectivity index (χ0n) is 19.6. The molecule has 0 spiro atoms. The summed E-state index contributed by atoms with van der Waals surface area (Å²) in [5.41, 5.74) is 3.55. The van der Waals surface area contributed by atoms with Gasteiger partial charge in [-0.2, -0.15) is 0 Å². The van der Waals surface area contributed by atoms with Gasteiger partial charge in [-0.1, -0.05) is 24.3 Å². The molecule has 0 radical (unpaired) electrons. The van der Waals surface area contributed by atoms with Crippen LogP contribution in [0.3, 0.4) is 0 Å². The molecule has 1 heterocycles. The average Bonchev–Trinajstić information content (AvgIpc) is 2.82. The van der Waals surface area contributed by atoms with Crippen molar-refractivity contribution >= 4 is 29.9 Å². The van der Waals surface area contributed by atoms with Crippen molar-refractivity contribution in [1.29, 1.82) is 0 Å². The fourth-order valence-electron chi connectivity index (χ4n) is 4.02. The van der Waals surface area contributed by atoms with Crippen LogP contribution in [-0.2, 0) is 16.7 Å². The fraction of sp³-hybridized carbons (Fsp3) is 0.480. The predicted octanol–water partition coefficient (Wildman–Crippen LogP) is 4.43. The summed E-state index contributed by atoms with van der Waals surface area (Å²) in [4.78, 5) is 4.82. The molecule has 0 unspecified atom stereocenters. The van der Waals surface area contributed by atoms with Crippen molar-refractivity contribution in [2.24, 2.45) is 4.99 Å². The summed E-state index contributed by atoms with van der Waals surface area (Å²) in [5, 5.41) is 6.96. The largest absolute Gasteiger partial charge is 0.497 e. The maximum Gasteiger partial charge on any atom is 0.191 e. The lowest BCUT2D eigenvalue weighted by Gasteiger charge is -2.38. The van der Waals surface area contributed by atoms with Crippen LogP contribution in [0.4, 0.5) is 0 Å². The SMILES string of the molecule is CCNC(=NCc1ccc(C)cc1OC)NCC1(c2ccc(OC)cc2)CCOCC1.I. The maximum atomic E-state index is 5.67. The molecule has 7 heteroatoms. The van der Waals surface area contributed by atoms with Crippen molar-refractivity contribution in [3.8, 4) is 11.5 Å². The number of aryl methyl sites for hydroxylation is 1. The molecule has 6 nitrogen and oxygen atoms in total. The van der Waals surface area contributed by atoms with Crippen molar-refractivity contribution in [2.45, 2.75) is 38.6 Å². The van der Waals surface area contributed by atoms with Crippen LogP contribution in [0.2, 0.25) is 0 Å². The van der Waals surface area contributed by atoms with E-state index in [0.29, 0.717) is 6.54 Å². The molecular formula is C25H36IN3O3. The molecule has 2 aromatic rings. The number of aliphatic imine (C=N–C) groups is 1. The zero-order chi connectivity index (χ0) is 22.1. The van der Waals surface area contributed by atoms with Crippen LogP contribution in [0.5, 0.6) is 11.5 Å². The van der Waals surface area contributed by atoms with Crippen LogP contribution >= 0.6 is 24.0 Å². The zero-order valence-corrected chi connectivity index (χ0v) is 21.9. The second kappa shape index (κ2) is 12.9. The average molecular weight is 553 g/mol. The first-order chi connectivity index (χ1) is 15.1. The van der Waals surface area contributed by atoms with Crippen LogP contribution in [-0.4, -0.2) is 46.5 Å². The highest BCUT2D eigenvalue weighted by molar-refractivity contribution is 14.0. The molecule has 1 saturated heterocycles. The number of hydrogen-bond acceptors (Lipinski definition) is 4. The minimum Gasteiger partial charge on any atom is -0.497 e. The molecule has 0 aliphatic carbocycles. The Kier molecular flexibility index (Phi) is 10.6. The molecule has 2 N–H and O–H groups in total. The number of halogens is 1. The van der Waals surface area contributed by atoms with E-state index in [1.165, 1.54) is 11.1 Å². The Morgan fingerprint density at radius 1 is 1.03 bits per heavy atom. The van der Waals surface area contributed by atoms with Crippen LogP contribution in [0, 0.1) is 6.92 Å². The van der Waals surface area contributed by atoms with E-state index in [2.05, 4.69) is 48.7 Å². The smallest absolute Gasteiger partial charge is 0.191 e. The number of benzene rings is 2. The first-order valence-electron chi connectivity index (χ1n) is 11.0. The van der Waals surface area contributed by atoms with Gasteiger partial charge < -0.3 is 24.8 Å². The van der Waals surface area contributed by atoms with Crippen LogP contribution in [0.15, 0.2) is 47.5 Å². The van der Waals surface area contributed by atoms with E-state index < -0.39 is 0 Å². The van der Waals surface area contributed by atoms with E-state index in [4.69, 9.17) is 19.2 Å². The molecule has 0 bridgehead atoms. The Bertz CT molecular complexity index is 865. The third-order valence-electron chi connectivity index (χ3n) is 5.94. The summed E-state index contributed by atoms with van der Waals surface area (Å²) < 4.78 is 16.5. The first-order valence-corrected chi connectivity index (χ1v) is 11.0. The van der Waals surface area contributed by atoms with E-state index >= 15 is 0 Å². The normalized spacial score (nSPS) is 15.4. The highest BCUT2D eigenvalue weighted by Crippen LogP contribution is 2.35. The number of ether oxygens (including phenoxy) is 3. The standard InChI is InChI=1S/C25H35N3O3.HI/c1-5-26-24(27-17-20-7-6-19(2)16-23(20)30-4)28-18-25(12-14-31-15-13-25)21-8-10-22(29-3)11-9-21;/h6-11,16H,5,12-15,17-18H2,1-4H3,(H2,26,27,28);1H. The Hall–Kier alpha value is -2.00. The van der Waals surface area contributed by atoms with E-state index in [1.807, 2.05) is 18.2 Å². The fourth-order valence-corrected chi connectivity index (χ4v) is 4.02. The second-order valence-corrected chi connectivity index (χ2v) is 7.99.